The number of amides is 2. The molecule has 0 spiro atoms. The first-order valence-corrected chi connectivity index (χ1v) is 10.5. The highest BCUT2D eigenvalue weighted by molar-refractivity contribution is 7.17. The third-order valence-electron chi connectivity index (χ3n) is 4.49. The molecule has 2 amide bonds. The lowest BCUT2D eigenvalue weighted by molar-refractivity contribution is -0.326. The molecule has 1 fully saturated rings. The van der Waals surface area contributed by atoms with Crippen LogP contribution >= 0.6 is 22.9 Å². The van der Waals surface area contributed by atoms with Gasteiger partial charge in [-0.3, -0.25) is 9.53 Å². The lowest BCUT2D eigenvalue weighted by Crippen LogP contribution is -2.42. The summed E-state index contributed by atoms with van der Waals surface area (Å²) in [6, 6.07) is 1.69. The summed E-state index contributed by atoms with van der Waals surface area (Å²) in [6.45, 7) is -0.665. The minimum absolute atomic E-state index is 0.197. The Labute approximate surface area is 184 Å². The number of carbonyl (C=O) groups is 2. The van der Waals surface area contributed by atoms with E-state index in [2.05, 4.69) is 15.0 Å². The second kappa shape index (κ2) is 9.88. The highest BCUT2D eigenvalue weighted by Crippen LogP contribution is 2.33. The molecule has 0 unspecified atom stereocenters. The highest BCUT2D eigenvalue weighted by Gasteiger charge is 2.30. The van der Waals surface area contributed by atoms with Crippen molar-refractivity contribution >= 4 is 45.2 Å². The van der Waals surface area contributed by atoms with Gasteiger partial charge in [-0.15, -0.1) is 24.5 Å². The minimum atomic E-state index is -4.76. The predicted octanol–water partition coefficient (Wildman–Crippen LogP) is 3.83. The van der Waals surface area contributed by atoms with Crippen LogP contribution in [-0.2, 0) is 9.47 Å². The van der Waals surface area contributed by atoms with Crippen molar-refractivity contribution in [2.75, 3.05) is 33.4 Å². The summed E-state index contributed by atoms with van der Waals surface area (Å²) in [4.78, 5) is 29.7. The number of halogens is 4. The van der Waals surface area contributed by atoms with Gasteiger partial charge >= 0.3 is 12.5 Å². The first kappa shape index (κ1) is 23.4. The molecule has 170 valence electrons. The van der Waals surface area contributed by atoms with Gasteiger partial charge in [-0.05, 0) is 6.07 Å². The van der Waals surface area contributed by atoms with Gasteiger partial charge in [0.25, 0.3) is 5.91 Å². The average Bonchev–Trinajstić information content (AvgIpc) is 3.13. The summed E-state index contributed by atoms with van der Waals surface area (Å²) in [7, 11) is 1.53. The highest BCUT2D eigenvalue weighted by atomic mass is 35.5. The molecule has 0 atom stereocenters. The number of nitrogens with one attached hydrogen (secondary N) is 1. The molecule has 8 nitrogen and oxygen atoms in total. The fraction of sp³-hybridized carbons (Fsp3) is 0.500. The van der Waals surface area contributed by atoms with E-state index in [9.17, 15) is 22.8 Å². The zero-order valence-electron chi connectivity index (χ0n) is 16.3. The van der Waals surface area contributed by atoms with E-state index in [1.807, 2.05) is 0 Å². The molecule has 0 aromatic carbocycles. The van der Waals surface area contributed by atoms with Crippen LogP contribution in [0.25, 0.3) is 10.2 Å². The molecule has 13 heteroatoms. The number of hydrogen-bond donors (Lipinski definition) is 1. The maximum atomic E-state index is 12.0. The maximum absolute atomic E-state index is 12.0. The van der Waals surface area contributed by atoms with Gasteiger partial charge in [0.1, 0.15) is 17.7 Å². The number of rotatable bonds is 6. The average molecular weight is 482 g/mol. The van der Waals surface area contributed by atoms with Crippen LogP contribution in [0.4, 0.5) is 18.0 Å². The molecule has 1 aliphatic heterocycles. The van der Waals surface area contributed by atoms with Crippen LogP contribution in [0.5, 0.6) is 5.88 Å². The zero-order chi connectivity index (χ0) is 22.6. The Balaban J connectivity index is 1.53. The molecule has 1 saturated heterocycles. The monoisotopic (exact) mass is 481 g/mol. The van der Waals surface area contributed by atoms with Crippen molar-refractivity contribution in [3.05, 3.63) is 22.0 Å². The quantitative estimate of drug-likeness (QED) is 0.631. The maximum Gasteiger partial charge on any atom is 0.522 e. The Morgan fingerprint density at radius 1 is 1.32 bits per heavy atom. The van der Waals surface area contributed by atoms with Crippen LogP contribution in [0.15, 0.2) is 11.4 Å². The van der Waals surface area contributed by atoms with E-state index >= 15 is 0 Å². The van der Waals surface area contributed by atoms with Crippen molar-refractivity contribution in [1.29, 1.82) is 0 Å². The van der Waals surface area contributed by atoms with Crippen molar-refractivity contribution in [3.63, 3.8) is 0 Å². The molecular formula is C18H19ClF3N3O5S. The summed E-state index contributed by atoms with van der Waals surface area (Å²) in [6.07, 6.45) is -4.84. The SMILES string of the molecule is CNC(=O)c1csc2cc(Cl)c(OC3CCN(C(=O)OCCOC(F)(F)F)CC3)nc12. The molecule has 3 heterocycles. The van der Waals surface area contributed by atoms with Gasteiger partial charge in [-0.25, -0.2) is 9.78 Å². The second-order valence-corrected chi connectivity index (χ2v) is 7.88. The Kier molecular flexibility index (Phi) is 7.44. The molecule has 0 bridgehead atoms. The molecule has 1 N–H and O–H groups in total. The number of alkyl halides is 3. The van der Waals surface area contributed by atoms with Crippen molar-refractivity contribution in [2.24, 2.45) is 0 Å². The number of ether oxygens (including phenoxy) is 3. The molecule has 1 aliphatic rings. The second-order valence-electron chi connectivity index (χ2n) is 6.56. The number of pyridine rings is 1. The molecule has 0 saturated carbocycles. The summed E-state index contributed by atoms with van der Waals surface area (Å²) in [5, 5.41) is 4.56. The van der Waals surface area contributed by atoms with Crippen LogP contribution in [0.3, 0.4) is 0 Å². The number of thiophene rings is 1. The van der Waals surface area contributed by atoms with E-state index in [1.165, 1.54) is 23.3 Å². The van der Waals surface area contributed by atoms with Crippen LogP contribution in [0, 0.1) is 0 Å². The van der Waals surface area contributed by atoms with Gasteiger partial charge in [0.15, 0.2) is 0 Å². The van der Waals surface area contributed by atoms with Gasteiger partial charge in [0, 0.05) is 38.4 Å². The van der Waals surface area contributed by atoms with Gasteiger partial charge in [-0.2, -0.15) is 0 Å². The number of nitrogens with zero attached hydrogens (tertiary/aromatic N) is 2. The van der Waals surface area contributed by atoms with Crippen LogP contribution in [0.1, 0.15) is 23.2 Å². The molecule has 3 rings (SSSR count). The van der Waals surface area contributed by atoms with Crippen molar-refractivity contribution in [2.45, 2.75) is 25.3 Å². The summed E-state index contributed by atoms with van der Waals surface area (Å²) >= 11 is 7.62. The van der Waals surface area contributed by atoms with E-state index in [4.69, 9.17) is 21.1 Å². The molecule has 31 heavy (non-hydrogen) atoms. The first-order chi connectivity index (χ1) is 14.7. The van der Waals surface area contributed by atoms with Crippen LogP contribution < -0.4 is 10.1 Å². The van der Waals surface area contributed by atoms with Gasteiger partial charge in [-0.1, -0.05) is 11.6 Å². The number of aromatic nitrogens is 1. The predicted molar refractivity (Wildman–Crippen MR) is 107 cm³/mol. The summed E-state index contributed by atoms with van der Waals surface area (Å²) in [5.74, 6) is -0.0671. The molecule has 0 aliphatic carbocycles. The van der Waals surface area contributed by atoms with E-state index in [1.54, 1.807) is 11.4 Å². The standard InChI is InChI=1S/C18H19ClF3N3O5S/c1-23-15(26)11-9-31-13-8-12(19)16(24-14(11)13)30-10-2-4-25(5-3-10)17(27)28-6-7-29-18(20,21)22/h8-10H,2-7H2,1H3,(H,23,26). The number of likely N-dealkylation sites (tertiary alicyclic amines) is 1. The Morgan fingerprint density at radius 2 is 2.03 bits per heavy atom. The normalized spacial score (nSPS) is 15.2. The summed E-state index contributed by atoms with van der Waals surface area (Å²) < 4.78 is 50.7. The van der Waals surface area contributed by atoms with E-state index < -0.39 is 25.7 Å². The van der Waals surface area contributed by atoms with Crippen LogP contribution in [0.2, 0.25) is 5.02 Å². The Morgan fingerprint density at radius 3 is 2.68 bits per heavy atom. The summed E-state index contributed by atoms with van der Waals surface area (Å²) in [5.41, 5.74) is 0.918. The molecule has 2 aromatic rings. The number of fused-ring (bicyclic) bond motifs is 1. The molecule has 0 radical (unpaired) electrons. The fourth-order valence-corrected chi connectivity index (χ4v) is 4.16. The lowest BCUT2D eigenvalue weighted by atomic mass is 10.1. The Hall–Kier alpha value is -2.31. The van der Waals surface area contributed by atoms with E-state index in [0.717, 1.165) is 4.70 Å². The van der Waals surface area contributed by atoms with Gasteiger partial charge < -0.3 is 19.7 Å². The Bertz CT molecular complexity index is 947. The first-order valence-electron chi connectivity index (χ1n) is 9.27. The third kappa shape index (κ3) is 6.11. The fourth-order valence-electron chi connectivity index (χ4n) is 2.99. The number of piperidine rings is 1. The van der Waals surface area contributed by atoms with Crippen LogP contribution in [-0.4, -0.2) is 67.7 Å². The van der Waals surface area contributed by atoms with Gasteiger partial charge in [0.2, 0.25) is 5.88 Å². The molecule has 2 aromatic heterocycles. The molecular weight excluding hydrogens is 463 g/mol. The van der Waals surface area contributed by atoms with Crippen molar-refractivity contribution in [3.8, 4) is 5.88 Å². The smallest absolute Gasteiger partial charge is 0.473 e. The van der Waals surface area contributed by atoms with Crippen molar-refractivity contribution in [1.82, 2.24) is 15.2 Å². The largest absolute Gasteiger partial charge is 0.522 e. The number of carbonyl (C=O) groups excluding carboxylic acids is 2. The van der Waals surface area contributed by atoms with E-state index in [0.29, 0.717) is 42.0 Å². The van der Waals surface area contributed by atoms with E-state index in [-0.39, 0.29) is 17.9 Å². The minimum Gasteiger partial charge on any atom is -0.473 e. The topological polar surface area (TPSA) is 90.0 Å². The zero-order valence-corrected chi connectivity index (χ0v) is 17.9. The van der Waals surface area contributed by atoms with Crippen molar-refractivity contribution < 1.29 is 37.0 Å². The number of hydrogen-bond acceptors (Lipinski definition) is 7. The third-order valence-corrected chi connectivity index (χ3v) is 5.68. The lowest BCUT2D eigenvalue weighted by Gasteiger charge is -2.31. The van der Waals surface area contributed by atoms with Gasteiger partial charge in [0.05, 0.1) is 22.4 Å².